The van der Waals surface area contributed by atoms with Crippen LogP contribution in [0.25, 0.3) is 0 Å². The van der Waals surface area contributed by atoms with Gasteiger partial charge in [-0.15, -0.1) is 0 Å². The second-order valence-corrected chi connectivity index (χ2v) is 16.5. The number of alkyl halides is 1. The first-order valence-corrected chi connectivity index (χ1v) is 19.6. The van der Waals surface area contributed by atoms with Crippen molar-refractivity contribution in [2.45, 2.75) is 151 Å². The summed E-state index contributed by atoms with van der Waals surface area (Å²) >= 11 is 0. The summed E-state index contributed by atoms with van der Waals surface area (Å²) in [6.45, 7) is 24.5. The Labute approximate surface area is 315 Å². The number of hydrogen-bond acceptors (Lipinski definition) is 12. The van der Waals surface area contributed by atoms with Crippen molar-refractivity contribution in [2.24, 2.45) is 53.3 Å². The fraction of sp³-hybridized carbons (Fsp3) is 0.875. The predicted molar refractivity (Wildman–Crippen MR) is 194 cm³/mol. The summed E-state index contributed by atoms with van der Waals surface area (Å²) < 4.78 is 63.0. The van der Waals surface area contributed by atoms with Gasteiger partial charge in [-0.25, -0.2) is 4.39 Å². The fourth-order valence-electron chi connectivity index (χ4n) is 8.47. The molecule has 0 spiro atoms. The third-order valence-corrected chi connectivity index (χ3v) is 13.0. The molecule has 0 amide bonds. The van der Waals surface area contributed by atoms with E-state index in [0.29, 0.717) is 24.4 Å². The van der Waals surface area contributed by atoms with E-state index >= 15 is 0 Å². The van der Waals surface area contributed by atoms with Gasteiger partial charge in [-0.2, -0.15) is 0 Å². The van der Waals surface area contributed by atoms with Crippen molar-refractivity contribution in [1.29, 1.82) is 0 Å². The van der Waals surface area contributed by atoms with Crippen LogP contribution in [0.1, 0.15) is 90.0 Å². The Morgan fingerprint density at radius 1 is 0.642 bits per heavy atom. The number of esters is 3. The van der Waals surface area contributed by atoms with Crippen LogP contribution in [0.15, 0.2) is 11.6 Å². The van der Waals surface area contributed by atoms with Crippen LogP contribution in [0.4, 0.5) is 4.39 Å². The maximum absolute atomic E-state index is 14.4. The zero-order valence-corrected chi connectivity index (χ0v) is 34.0. The van der Waals surface area contributed by atoms with Crippen LogP contribution in [-0.4, -0.2) is 99.3 Å². The van der Waals surface area contributed by atoms with Gasteiger partial charge in [-0.05, 0) is 48.0 Å². The summed E-state index contributed by atoms with van der Waals surface area (Å²) in [4.78, 5) is 35.2. The lowest BCUT2D eigenvalue weighted by Crippen LogP contribution is -2.61. The molecule has 0 aromatic carbocycles. The molecule has 19 unspecified atom stereocenters. The summed E-state index contributed by atoms with van der Waals surface area (Å²) in [5.74, 6) is -0.828. The van der Waals surface area contributed by atoms with E-state index in [1.807, 2.05) is 20.8 Å². The van der Waals surface area contributed by atoms with Crippen LogP contribution in [0.5, 0.6) is 0 Å². The van der Waals surface area contributed by atoms with Crippen molar-refractivity contribution in [1.82, 2.24) is 5.32 Å². The molecule has 1 aliphatic carbocycles. The lowest BCUT2D eigenvalue weighted by Gasteiger charge is -2.51. The zero-order chi connectivity index (χ0) is 39.5. The predicted octanol–water partition coefficient (Wildman–Crippen LogP) is 5.60. The third kappa shape index (κ3) is 10.2. The van der Waals surface area contributed by atoms with Gasteiger partial charge >= 0.3 is 17.9 Å². The Hall–Kier alpha value is -2.16. The smallest absolute Gasteiger partial charge is 0.304 e. The van der Waals surface area contributed by atoms with Gasteiger partial charge in [0.15, 0.2) is 12.6 Å². The summed E-state index contributed by atoms with van der Waals surface area (Å²) in [5.41, 5.74) is 1.13. The molecular formula is C40H66FNO11. The van der Waals surface area contributed by atoms with Gasteiger partial charge in [0.2, 0.25) is 6.29 Å². The van der Waals surface area contributed by atoms with Crippen LogP contribution in [-0.2, 0) is 52.3 Å². The normalized spacial score (nSPS) is 44.8. The Morgan fingerprint density at radius 3 is 1.74 bits per heavy atom. The molecule has 4 aliphatic rings. The second kappa shape index (κ2) is 18.7. The molecule has 3 fully saturated rings. The largest absolute Gasteiger partial charge is 0.463 e. The Balaban J connectivity index is 1.48. The van der Waals surface area contributed by atoms with Crippen molar-refractivity contribution in [3.63, 3.8) is 0 Å². The van der Waals surface area contributed by atoms with Gasteiger partial charge in [-0.3, -0.25) is 14.4 Å². The molecule has 19 atom stereocenters. The number of ether oxygens (including phenoxy) is 8. The highest BCUT2D eigenvalue weighted by molar-refractivity contribution is 5.66. The summed E-state index contributed by atoms with van der Waals surface area (Å²) in [7, 11) is 0. The maximum atomic E-state index is 14.4. The first kappa shape index (κ1) is 43.6. The molecule has 0 aromatic rings. The lowest BCUT2D eigenvalue weighted by molar-refractivity contribution is -0.347. The average molecular weight is 755 g/mol. The van der Waals surface area contributed by atoms with Gasteiger partial charge in [0.1, 0.15) is 32.1 Å². The van der Waals surface area contributed by atoms with Gasteiger partial charge in [0, 0.05) is 50.6 Å². The third-order valence-electron chi connectivity index (χ3n) is 13.0. The molecule has 3 heterocycles. The summed E-state index contributed by atoms with van der Waals surface area (Å²) in [6, 6.07) is 0.112. The van der Waals surface area contributed by atoms with Crippen molar-refractivity contribution < 1.29 is 56.7 Å². The number of carbonyl (C=O) groups is 3. The monoisotopic (exact) mass is 754 g/mol. The fourth-order valence-corrected chi connectivity index (χ4v) is 8.47. The Bertz CT molecular complexity index is 1280. The van der Waals surface area contributed by atoms with E-state index in [1.54, 1.807) is 0 Å². The Kier molecular flexibility index (Phi) is 15.3. The number of nitrogens with one attached hydrogen (secondary N) is 1. The van der Waals surface area contributed by atoms with Gasteiger partial charge in [-0.1, -0.05) is 68.4 Å². The van der Waals surface area contributed by atoms with E-state index in [-0.39, 0.29) is 66.3 Å². The minimum atomic E-state index is -0.960. The van der Waals surface area contributed by atoms with Crippen molar-refractivity contribution >= 4 is 17.9 Å². The van der Waals surface area contributed by atoms with Crippen molar-refractivity contribution in [2.75, 3.05) is 19.9 Å². The molecule has 0 bridgehead atoms. The number of carbonyl (C=O) groups excluding carboxylic acids is 3. The van der Waals surface area contributed by atoms with Crippen LogP contribution in [0.3, 0.4) is 0 Å². The second-order valence-electron chi connectivity index (χ2n) is 16.5. The molecule has 0 saturated carbocycles. The summed E-state index contributed by atoms with van der Waals surface area (Å²) in [6.07, 6.45) is -2.99. The molecule has 0 aromatic heterocycles. The highest BCUT2D eigenvalue weighted by Crippen LogP contribution is 2.42. The highest BCUT2D eigenvalue weighted by Gasteiger charge is 2.51. The quantitative estimate of drug-likeness (QED) is 0.151. The zero-order valence-electron chi connectivity index (χ0n) is 34.0. The van der Waals surface area contributed by atoms with Crippen LogP contribution < -0.4 is 5.32 Å². The number of hydrogen-bond donors (Lipinski definition) is 1. The first-order chi connectivity index (χ1) is 24.9. The van der Waals surface area contributed by atoms with E-state index in [1.165, 1.54) is 20.8 Å². The van der Waals surface area contributed by atoms with Gasteiger partial charge in [0.25, 0.3) is 0 Å². The highest BCUT2D eigenvalue weighted by atomic mass is 18.2. The van der Waals surface area contributed by atoms with Crippen LogP contribution >= 0.6 is 0 Å². The van der Waals surface area contributed by atoms with E-state index in [4.69, 9.17) is 37.9 Å². The SMILES string of the molecule is CC(=O)OCC1=CC(NC2C(C)OC(OC3C(COC(C)=O)OC(OC4C(C[18F])OC(OC(C)=O)C(C)C4C)C(C)C3C)C(C)C2C)C(C)C(C)C1C. The van der Waals surface area contributed by atoms with E-state index in [0.717, 1.165) is 5.57 Å². The average Bonchev–Trinajstić information content (AvgIpc) is 3.09. The molecular weight excluding hydrogens is 688 g/mol. The Morgan fingerprint density at radius 2 is 1.17 bits per heavy atom. The molecule has 4 rings (SSSR count). The minimum absolute atomic E-state index is 0.00787. The minimum Gasteiger partial charge on any atom is -0.463 e. The van der Waals surface area contributed by atoms with E-state index < -0.39 is 61.9 Å². The molecule has 1 N–H and O–H groups in total. The standard InChI is InChI=1S/C40H66FNO11/c1-18-19(2)31(16-46-28(11)43)14-32(20(18)3)42-35-21(4)24(7)38(48-27(35)10)53-37-23(6)26(9)40(51-34(37)17-47-29(12)44)52-36-22(5)25(8)39(49-30(13)45)50-33(36)15-41/h14,18-27,32-40,42H,15-17H2,1-13H3/i41-1. The molecule has 0 radical (unpaired) electrons. The molecule has 53 heavy (non-hydrogen) atoms. The molecule has 13 heteroatoms. The molecule has 3 aliphatic heterocycles. The van der Waals surface area contributed by atoms with Gasteiger partial charge in [0.05, 0.1) is 18.3 Å². The van der Waals surface area contributed by atoms with Gasteiger partial charge < -0.3 is 43.2 Å². The van der Waals surface area contributed by atoms with Crippen LogP contribution in [0.2, 0.25) is 0 Å². The molecule has 3 saturated heterocycles. The van der Waals surface area contributed by atoms with E-state index in [9.17, 15) is 18.8 Å². The number of rotatable bonds is 12. The first-order valence-electron chi connectivity index (χ1n) is 19.6. The van der Waals surface area contributed by atoms with Crippen molar-refractivity contribution in [3.8, 4) is 0 Å². The number of halogens is 1. The molecule has 304 valence electrons. The topological polar surface area (TPSA) is 137 Å². The lowest BCUT2D eigenvalue weighted by atomic mass is 9.71. The maximum Gasteiger partial charge on any atom is 0.304 e. The van der Waals surface area contributed by atoms with Crippen LogP contribution in [0, 0.1) is 53.3 Å². The van der Waals surface area contributed by atoms with Crippen molar-refractivity contribution in [3.05, 3.63) is 11.6 Å². The summed E-state index contributed by atoms with van der Waals surface area (Å²) in [5, 5.41) is 3.90. The molecule has 12 nitrogen and oxygen atoms in total. The van der Waals surface area contributed by atoms with E-state index in [2.05, 4.69) is 59.9 Å².